The Bertz CT molecular complexity index is 872. The van der Waals surface area contributed by atoms with Gasteiger partial charge in [-0.25, -0.2) is 5.48 Å². The smallest absolute Gasteiger partial charge is 0.253 e. The van der Waals surface area contributed by atoms with Crippen molar-refractivity contribution >= 4 is 23.8 Å². The number of amides is 2. The first-order valence-corrected chi connectivity index (χ1v) is 10.2. The van der Waals surface area contributed by atoms with Gasteiger partial charge in [0.25, 0.3) is 5.91 Å². The lowest BCUT2D eigenvalue weighted by Crippen LogP contribution is -2.42. The summed E-state index contributed by atoms with van der Waals surface area (Å²) in [6.07, 6.45) is 4.22. The third kappa shape index (κ3) is 5.24. The molecule has 3 N–H and O–H groups in total. The van der Waals surface area contributed by atoms with Gasteiger partial charge in [0.1, 0.15) is 12.3 Å². The molecule has 1 heterocycles. The van der Waals surface area contributed by atoms with E-state index in [9.17, 15) is 14.4 Å². The SMILES string of the molecule is O=CC(c1ccccc1)N1CC(CCCCCC(=O)NO)NC(=O)c2ccccc21. The topological polar surface area (TPSA) is 98.7 Å². The van der Waals surface area contributed by atoms with Gasteiger partial charge in [-0.2, -0.15) is 0 Å². The maximum Gasteiger partial charge on any atom is 0.253 e. The fraction of sp³-hybridized carbons (Fsp3) is 0.348. The molecule has 7 heteroatoms. The van der Waals surface area contributed by atoms with Crippen LogP contribution in [0.5, 0.6) is 0 Å². The van der Waals surface area contributed by atoms with Gasteiger partial charge in [-0.3, -0.25) is 14.8 Å². The monoisotopic (exact) mass is 409 g/mol. The molecule has 0 saturated heterocycles. The molecule has 2 atom stereocenters. The highest BCUT2D eigenvalue weighted by Gasteiger charge is 2.30. The number of rotatable bonds is 9. The van der Waals surface area contributed by atoms with Crippen LogP contribution in [0, 0.1) is 0 Å². The van der Waals surface area contributed by atoms with Gasteiger partial charge in [0.05, 0.1) is 11.3 Å². The van der Waals surface area contributed by atoms with Crippen molar-refractivity contribution in [3.63, 3.8) is 0 Å². The first-order chi connectivity index (χ1) is 14.6. The Morgan fingerprint density at radius 1 is 1.13 bits per heavy atom. The molecule has 0 bridgehead atoms. The average Bonchev–Trinajstić information content (AvgIpc) is 2.91. The van der Waals surface area contributed by atoms with Crippen molar-refractivity contribution in [1.29, 1.82) is 0 Å². The second kappa shape index (κ2) is 10.5. The molecule has 0 fully saturated rings. The third-order valence-corrected chi connectivity index (χ3v) is 5.40. The van der Waals surface area contributed by atoms with Gasteiger partial charge in [0.2, 0.25) is 5.91 Å². The minimum atomic E-state index is -0.490. The number of hydrogen-bond donors (Lipinski definition) is 3. The van der Waals surface area contributed by atoms with E-state index in [4.69, 9.17) is 5.21 Å². The van der Waals surface area contributed by atoms with Gasteiger partial charge in [-0.15, -0.1) is 0 Å². The number of hydrogen-bond acceptors (Lipinski definition) is 5. The second-order valence-corrected chi connectivity index (χ2v) is 7.47. The fourth-order valence-electron chi connectivity index (χ4n) is 3.88. The number of aldehydes is 1. The summed E-state index contributed by atoms with van der Waals surface area (Å²) in [6.45, 7) is 0.512. The number of unbranched alkanes of at least 4 members (excludes halogenated alkanes) is 2. The molecule has 2 amide bonds. The number of fused-ring (bicyclic) bond motifs is 1. The Balaban J connectivity index is 1.77. The zero-order valence-electron chi connectivity index (χ0n) is 16.8. The molecule has 1 aliphatic rings. The maximum absolute atomic E-state index is 12.8. The normalized spacial score (nSPS) is 16.8. The number of nitrogens with one attached hydrogen (secondary N) is 2. The van der Waals surface area contributed by atoms with Crippen molar-refractivity contribution in [3.05, 3.63) is 65.7 Å². The quantitative estimate of drug-likeness (QED) is 0.256. The van der Waals surface area contributed by atoms with E-state index in [1.54, 1.807) is 11.5 Å². The van der Waals surface area contributed by atoms with Gasteiger partial charge < -0.3 is 15.0 Å². The minimum Gasteiger partial charge on any atom is -0.355 e. The van der Waals surface area contributed by atoms with Crippen LogP contribution < -0.4 is 15.7 Å². The van der Waals surface area contributed by atoms with Crippen molar-refractivity contribution in [2.24, 2.45) is 0 Å². The average molecular weight is 409 g/mol. The first-order valence-electron chi connectivity index (χ1n) is 10.2. The Morgan fingerprint density at radius 2 is 1.87 bits per heavy atom. The maximum atomic E-state index is 12.8. The van der Waals surface area contributed by atoms with Gasteiger partial charge in [0, 0.05) is 19.0 Å². The molecule has 2 aromatic rings. The van der Waals surface area contributed by atoms with Crippen LogP contribution in [0.25, 0.3) is 0 Å². The Hall–Kier alpha value is -3.19. The van der Waals surface area contributed by atoms with E-state index in [2.05, 4.69) is 5.32 Å². The zero-order chi connectivity index (χ0) is 21.3. The minimum absolute atomic E-state index is 0.122. The molecule has 0 aromatic heterocycles. The van der Waals surface area contributed by atoms with Gasteiger partial charge in [0.15, 0.2) is 0 Å². The van der Waals surface area contributed by atoms with Crippen LogP contribution in [0.3, 0.4) is 0 Å². The van der Waals surface area contributed by atoms with Gasteiger partial charge in [-0.1, -0.05) is 55.3 Å². The number of carbonyl (C=O) groups is 3. The highest BCUT2D eigenvalue weighted by Crippen LogP contribution is 2.31. The van der Waals surface area contributed by atoms with Crippen molar-refractivity contribution in [1.82, 2.24) is 10.8 Å². The molecule has 7 nitrogen and oxygen atoms in total. The van der Waals surface area contributed by atoms with Crippen LogP contribution in [0.15, 0.2) is 54.6 Å². The summed E-state index contributed by atoms with van der Waals surface area (Å²) in [6, 6.07) is 16.3. The van der Waals surface area contributed by atoms with Gasteiger partial charge >= 0.3 is 0 Å². The molecule has 2 aromatic carbocycles. The summed E-state index contributed by atoms with van der Waals surface area (Å²) in [5, 5.41) is 11.6. The predicted octanol–water partition coefficient (Wildman–Crippen LogP) is 3.00. The molecule has 0 saturated carbocycles. The predicted molar refractivity (Wildman–Crippen MR) is 113 cm³/mol. The van der Waals surface area contributed by atoms with E-state index >= 15 is 0 Å². The summed E-state index contributed by atoms with van der Waals surface area (Å²) >= 11 is 0. The number of nitrogens with zero attached hydrogens (tertiary/aromatic N) is 1. The molecule has 30 heavy (non-hydrogen) atoms. The van der Waals surface area contributed by atoms with E-state index in [1.165, 1.54) is 0 Å². The van der Waals surface area contributed by atoms with Crippen LogP contribution in [0.1, 0.15) is 54.1 Å². The standard InChI is InChI=1S/C23H27N3O4/c27-16-21(17-9-3-1-4-10-17)26-15-18(11-5-2-6-14-22(28)25-30)24-23(29)19-12-7-8-13-20(19)26/h1,3-4,7-10,12-13,16,18,21,30H,2,5-6,11,14-15H2,(H,24,29)(H,25,28). The molecule has 0 aliphatic carbocycles. The van der Waals surface area contributed by atoms with Gasteiger partial charge in [-0.05, 0) is 30.5 Å². The van der Waals surface area contributed by atoms with E-state index < -0.39 is 11.9 Å². The van der Waals surface area contributed by atoms with E-state index in [-0.39, 0.29) is 18.4 Å². The van der Waals surface area contributed by atoms with Crippen LogP contribution in [0.4, 0.5) is 5.69 Å². The van der Waals surface area contributed by atoms with Crippen LogP contribution in [-0.2, 0) is 9.59 Å². The van der Waals surface area contributed by atoms with Crippen LogP contribution in [-0.4, -0.2) is 35.9 Å². The highest BCUT2D eigenvalue weighted by molar-refractivity contribution is 6.01. The summed E-state index contributed by atoms with van der Waals surface area (Å²) in [5.41, 5.74) is 3.82. The summed E-state index contributed by atoms with van der Waals surface area (Å²) in [7, 11) is 0. The Kier molecular flexibility index (Phi) is 7.57. The van der Waals surface area contributed by atoms with Crippen LogP contribution in [0.2, 0.25) is 0 Å². The van der Waals surface area contributed by atoms with E-state index in [0.29, 0.717) is 18.5 Å². The largest absolute Gasteiger partial charge is 0.355 e. The molecule has 0 radical (unpaired) electrons. The molecule has 158 valence electrons. The van der Waals surface area contributed by atoms with Crippen molar-refractivity contribution in [2.45, 2.75) is 44.2 Å². The number of para-hydroxylation sites is 1. The number of hydroxylamine groups is 1. The lowest BCUT2D eigenvalue weighted by Gasteiger charge is -2.32. The summed E-state index contributed by atoms with van der Waals surface area (Å²) < 4.78 is 0. The molecule has 0 spiro atoms. The fourth-order valence-corrected chi connectivity index (χ4v) is 3.88. The van der Waals surface area contributed by atoms with Crippen molar-refractivity contribution in [2.75, 3.05) is 11.4 Å². The molecule has 1 aliphatic heterocycles. The number of carbonyl (C=O) groups excluding carboxylic acids is 3. The highest BCUT2D eigenvalue weighted by atomic mass is 16.5. The van der Waals surface area contributed by atoms with Crippen molar-refractivity contribution in [3.8, 4) is 0 Å². The molecular formula is C23H27N3O4. The lowest BCUT2D eigenvalue weighted by atomic mass is 10.0. The third-order valence-electron chi connectivity index (χ3n) is 5.40. The first kappa shape index (κ1) is 21.5. The second-order valence-electron chi connectivity index (χ2n) is 7.47. The molecule has 2 unspecified atom stereocenters. The summed E-state index contributed by atoms with van der Waals surface area (Å²) in [5.74, 6) is -0.536. The van der Waals surface area contributed by atoms with E-state index in [0.717, 1.165) is 36.8 Å². The molecular weight excluding hydrogens is 382 g/mol. The number of benzene rings is 2. The Labute approximate surface area is 176 Å². The van der Waals surface area contributed by atoms with Crippen LogP contribution >= 0.6 is 0 Å². The summed E-state index contributed by atoms with van der Waals surface area (Å²) in [4.78, 5) is 38.0. The number of anilines is 1. The molecule has 3 rings (SSSR count). The Morgan fingerprint density at radius 3 is 2.60 bits per heavy atom. The zero-order valence-corrected chi connectivity index (χ0v) is 16.8. The van der Waals surface area contributed by atoms with Crippen molar-refractivity contribution < 1.29 is 19.6 Å². The lowest BCUT2D eigenvalue weighted by molar-refractivity contribution is -0.129. The van der Waals surface area contributed by atoms with E-state index in [1.807, 2.05) is 53.4 Å².